The summed E-state index contributed by atoms with van der Waals surface area (Å²) >= 11 is 0. The van der Waals surface area contributed by atoms with Gasteiger partial charge in [0, 0.05) is 25.7 Å². The maximum absolute atomic E-state index is 13.0. The van der Waals surface area contributed by atoms with Crippen molar-refractivity contribution in [2.24, 2.45) is 5.92 Å². The molecular formula is C69H134O17P2. The molecule has 0 spiro atoms. The van der Waals surface area contributed by atoms with Crippen LogP contribution in [0.5, 0.6) is 0 Å². The molecule has 0 amide bonds. The number of ether oxygens (including phenoxy) is 4. The first-order chi connectivity index (χ1) is 42.5. The maximum atomic E-state index is 13.0. The number of phosphoric acid groups is 2. The number of rotatable bonds is 69. The van der Waals surface area contributed by atoms with Gasteiger partial charge in [0.2, 0.25) is 0 Å². The zero-order valence-electron chi connectivity index (χ0n) is 56.9. The van der Waals surface area contributed by atoms with E-state index in [4.69, 9.17) is 37.0 Å². The van der Waals surface area contributed by atoms with Gasteiger partial charge >= 0.3 is 39.5 Å². The van der Waals surface area contributed by atoms with Crippen LogP contribution in [0.4, 0.5) is 0 Å². The Hall–Kier alpha value is -1.94. The van der Waals surface area contributed by atoms with Crippen molar-refractivity contribution in [2.75, 3.05) is 39.6 Å². The Kier molecular flexibility index (Phi) is 61.1. The molecule has 19 heteroatoms. The number of aliphatic hydroxyl groups is 1. The average Bonchev–Trinajstić information content (AvgIpc) is 3.70. The summed E-state index contributed by atoms with van der Waals surface area (Å²) in [5.74, 6) is -1.38. The van der Waals surface area contributed by atoms with Crippen LogP contribution in [0.15, 0.2) is 0 Å². The van der Waals surface area contributed by atoms with E-state index in [0.29, 0.717) is 25.7 Å². The molecule has 522 valence electrons. The minimum absolute atomic E-state index is 0.104. The lowest BCUT2D eigenvalue weighted by atomic mass is 10.0. The van der Waals surface area contributed by atoms with Crippen LogP contribution in [0, 0.1) is 5.92 Å². The fourth-order valence-electron chi connectivity index (χ4n) is 10.5. The number of hydrogen-bond donors (Lipinski definition) is 3. The zero-order valence-corrected chi connectivity index (χ0v) is 58.6. The summed E-state index contributed by atoms with van der Waals surface area (Å²) in [5.41, 5.74) is 0. The third kappa shape index (κ3) is 62.8. The molecule has 3 N–H and O–H groups in total. The monoisotopic (exact) mass is 1300 g/mol. The van der Waals surface area contributed by atoms with Crippen LogP contribution in [0.3, 0.4) is 0 Å². The first-order valence-corrected chi connectivity index (χ1v) is 39.1. The summed E-state index contributed by atoms with van der Waals surface area (Å²) in [5, 5.41) is 10.5. The fraction of sp³-hybridized carbons (Fsp3) is 0.942. The van der Waals surface area contributed by atoms with Crippen molar-refractivity contribution in [1.29, 1.82) is 0 Å². The van der Waals surface area contributed by atoms with Gasteiger partial charge in [0.1, 0.15) is 19.3 Å². The van der Waals surface area contributed by atoms with Crippen molar-refractivity contribution < 1.29 is 80.2 Å². The molecule has 0 bridgehead atoms. The number of esters is 4. The van der Waals surface area contributed by atoms with Gasteiger partial charge in [0.05, 0.1) is 26.4 Å². The van der Waals surface area contributed by atoms with Crippen molar-refractivity contribution in [2.45, 2.75) is 374 Å². The van der Waals surface area contributed by atoms with Crippen LogP contribution >= 0.6 is 15.6 Å². The van der Waals surface area contributed by atoms with Gasteiger partial charge in [-0.2, -0.15) is 0 Å². The molecule has 0 aromatic rings. The number of aliphatic hydroxyl groups excluding tert-OH is 1. The summed E-state index contributed by atoms with van der Waals surface area (Å²) < 4.78 is 68.0. The Bertz CT molecular complexity index is 1700. The first-order valence-electron chi connectivity index (χ1n) is 36.1. The molecule has 0 aliphatic carbocycles. The highest BCUT2D eigenvalue weighted by Gasteiger charge is 2.30. The van der Waals surface area contributed by atoms with Crippen LogP contribution in [-0.4, -0.2) is 96.7 Å². The number of carbonyl (C=O) groups is 4. The van der Waals surface area contributed by atoms with Gasteiger partial charge < -0.3 is 33.8 Å². The Morgan fingerprint density at radius 2 is 0.523 bits per heavy atom. The highest BCUT2D eigenvalue weighted by Crippen LogP contribution is 2.45. The Morgan fingerprint density at radius 1 is 0.307 bits per heavy atom. The van der Waals surface area contributed by atoms with Crippen molar-refractivity contribution in [3.8, 4) is 0 Å². The third-order valence-electron chi connectivity index (χ3n) is 16.0. The normalized spacial score (nSPS) is 14.1. The molecule has 88 heavy (non-hydrogen) atoms. The number of hydrogen-bond acceptors (Lipinski definition) is 15. The summed E-state index contributed by atoms with van der Waals surface area (Å²) in [4.78, 5) is 72.2. The molecule has 0 radical (unpaired) electrons. The van der Waals surface area contributed by atoms with E-state index in [1.54, 1.807) is 0 Å². The van der Waals surface area contributed by atoms with Crippen LogP contribution in [0.1, 0.15) is 356 Å². The molecule has 0 aromatic heterocycles. The maximum Gasteiger partial charge on any atom is 0.472 e. The Labute approximate surface area is 537 Å². The molecule has 0 saturated heterocycles. The van der Waals surface area contributed by atoms with Crippen molar-refractivity contribution in [3.63, 3.8) is 0 Å². The molecule has 0 saturated carbocycles. The minimum Gasteiger partial charge on any atom is -0.462 e. The van der Waals surface area contributed by atoms with Crippen molar-refractivity contribution in [1.82, 2.24) is 0 Å². The second kappa shape index (κ2) is 62.5. The number of phosphoric ester groups is 2. The molecule has 0 aliphatic heterocycles. The molecule has 0 fully saturated rings. The summed E-state index contributed by atoms with van der Waals surface area (Å²) in [6.45, 7) is 7.14. The van der Waals surface area contributed by atoms with E-state index in [2.05, 4.69) is 34.6 Å². The SMILES string of the molecule is CCCCCCCCCCCCCCCCCCCCCCCC(=O)O[C@H](COC(=O)CCCCCCCCCCCCC(C)C)COP(=O)(O)OC[C@@H](O)COP(=O)(O)OC[C@@H](COC(=O)CCCCCCCCC)OC(=O)CCCCCCCCC. The number of carbonyl (C=O) groups excluding carboxylic acids is 4. The third-order valence-corrected chi connectivity index (χ3v) is 17.9. The molecule has 0 aliphatic rings. The van der Waals surface area contributed by atoms with Crippen molar-refractivity contribution >= 4 is 39.5 Å². The van der Waals surface area contributed by atoms with Gasteiger partial charge in [0.25, 0.3) is 0 Å². The lowest BCUT2D eigenvalue weighted by Crippen LogP contribution is -2.30. The molecule has 0 heterocycles. The summed E-state index contributed by atoms with van der Waals surface area (Å²) in [7, 11) is -9.88. The average molecular weight is 1300 g/mol. The van der Waals surface area contributed by atoms with Crippen LogP contribution < -0.4 is 0 Å². The molecular weight excluding hydrogens is 1160 g/mol. The van der Waals surface area contributed by atoms with Gasteiger partial charge in [-0.25, -0.2) is 9.13 Å². The van der Waals surface area contributed by atoms with Gasteiger partial charge in [-0.1, -0.05) is 304 Å². The standard InChI is InChI=1S/C69H134O17P2/c1-6-9-12-15-18-19-20-21-22-23-24-25-26-27-28-29-30-35-40-45-50-55-69(74)86-65(59-80-67(72)53-48-43-39-34-32-31-33-38-41-46-51-62(4)5)61-84-88(77,78)82-57-63(70)56-81-87(75,76)83-60-64(85-68(73)54-49-44-37-17-14-11-8-3)58-79-66(71)52-47-42-36-16-13-10-7-2/h62-65,70H,6-61H2,1-5H3,(H,75,76)(H,77,78)/t63-,64+,65+/m0/s1. The molecule has 17 nitrogen and oxygen atoms in total. The van der Waals surface area contributed by atoms with Gasteiger partial charge in [0.15, 0.2) is 12.2 Å². The quantitative estimate of drug-likeness (QED) is 0.0222. The lowest BCUT2D eigenvalue weighted by molar-refractivity contribution is -0.161. The van der Waals surface area contributed by atoms with Crippen LogP contribution in [0.2, 0.25) is 0 Å². The Morgan fingerprint density at radius 3 is 0.773 bits per heavy atom. The zero-order chi connectivity index (χ0) is 64.9. The fourth-order valence-corrected chi connectivity index (χ4v) is 12.0. The Balaban J connectivity index is 5.10. The predicted octanol–water partition coefficient (Wildman–Crippen LogP) is 19.7. The van der Waals surface area contributed by atoms with E-state index in [1.165, 1.54) is 154 Å². The second-order valence-corrected chi connectivity index (χ2v) is 28.3. The van der Waals surface area contributed by atoms with E-state index in [0.717, 1.165) is 121 Å². The van der Waals surface area contributed by atoms with E-state index >= 15 is 0 Å². The number of unbranched alkanes of at least 4 members (excludes halogenated alkanes) is 41. The minimum atomic E-state index is -4.95. The van der Waals surface area contributed by atoms with Crippen molar-refractivity contribution in [3.05, 3.63) is 0 Å². The summed E-state index contributed by atoms with van der Waals surface area (Å²) in [6, 6.07) is 0. The molecule has 0 aromatic carbocycles. The summed E-state index contributed by atoms with van der Waals surface area (Å²) in [6.07, 6.45) is 49.1. The second-order valence-electron chi connectivity index (χ2n) is 25.4. The topological polar surface area (TPSA) is 237 Å². The molecule has 2 unspecified atom stereocenters. The van der Waals surface area contributed by atoms with Crippen LogP contribution in [0.25, 0.3) is 0 Å². The van der Waals surface area contributed by atoms with E-state index in [-0.39, 0.29) is 25.7 Å². The van der Waals surface area contributed by atoms with Gasteiger partial charge in [-0.3, -0.25) is 37.3 Å². The predicted molar refractivity (Wildman–Crippen MR) is 354 cm³/mol. The smallest absolute Gasteiger partial charge is 0.462 e. The largest absolute Gasteiger partial charge is 0.472 e. The first kappa shape index (κ1) is 86.1. The lowest BCUT2D eigenvalue weighted by Gasteiger charge is -2.21. The highest BCUT2D eigenvalue weighted by atomic mass is 31.2. The van der Waals surface area contributed by atoms with Crippen LogP contribution in [-0.2, 0) is 65.4 Å². The van der Waals surface area contributed by atoms with Gasteiger partial charge in [-0.05, 0) is 31.6 Å². The van der Waals surface area contributed by atoms with Gasteiger partial charge in [-0.15, -0.1) is 0 Å². The molecule has 5 atom stereocenters. The van der Waals surface area contributed by atoms with E-state index in [9.17, 15) is 43.2 Å². The van der Waals surface area contributed by atoms with E-state index < -0.39 is 97.5 Å². The van der Waals surface area contributed by atoms with E-state index in [1.807, 2.05) is 0 Å². The highest BCUT2D eigenvalue weighted by molar-refractivity contribution is 7.47. The molecule has 0 rings (SSSR count).